The molecule has 3 nitrogen and oxygen atoms in total. The van der Waals surface area contributed by atoms with Crippen molar-refractivity contribution in [3.63, 3.8) is 0 Å². The van der Waals surface area contributed by atoms with Crippen molar-refractivity contribution < 1.29 is 0 Å². The van der Waals surface area contributed by atoms with Crippen LogP contribution in [0.5, 0.6) is 0 Å². The molecular weight excluding hydrogens is 234 g/mol. The van der Waals surface area contributed by atoms with Crippen LogP contribution in [0.2, 0.25) is 0 Å². The summed E-state index contributed by atoms with van der Waals surface area (Å²) in [4.78, 5) is 6.82. The first-order chi connectivity index (χ1) is 9.25. The Morgan fingerprint density at radius 3 is 2.79 bits per heavy atom. The van der Waals surface area contributed by atoms with E-state index in [-0.39, 0.29) is 0 Å². The Labute approximate surface area is 117 Å². The van der Waals surface area contributed by atoms with Crippen molar-refractivity contribution in [1.29, 1.82) is 0 Å². The first-order valence-corrected chi connectivity index (χ1v) is 7.59. The highest BCUT2D eigenvalue weighted by Crippen LogP contribution is 2.15. The molecule has 0 bridgehead atoms. The fraction of sp³-hybridized carbons (Fsp3) is 0.688. The van der Waals surface area contributed by atoms with Crippen molar-refractivity contribution in [2.24, 2.45) is 5.92 Å². The van der Waals surface area contributed by atoms with Gasteiger partial charge in [0, 0.05) is 31.5 Å². The Hall–Kier alpha value is -0.930. The predicted octanol–water partition coefficient (Wildman–Crippen LogP) is 2.33. The third kappa shape index (κ3) is 4.92. The van der Waals surface area contributed by atoms with E-state index in [9.17, 15) is 0 Å². The van der Waals surface area contributed by atoms with Gasteiger partial charge in [0.2, 0.25) is 0 Å². The molecule has 1 aromatic heterocycles. The van der Waals surface area contributed by atoms with Crippen LogP contribution in [0.4, 0.5) is 0 Å². The molecule has 19 heavy (non-hydrogen) atoms. The molecule has 0 aromatic carbocycles. The first-order valence-electron chi connectivity index (χ1n) is 7.59. The van der Waals surface area contributed by atoms with E-state index in [0.717, 1.165) is 18.9 Å². The lowest BCUT2D eigenvalue weighted by Crippen LogP contribution is -2.40. The molecule has 0 amide bonds. The summed E-state index contributed by atoms with van der Waals surface area (Å²) < 4.78 is 0. The van der Waals surface area contributed by atoms with Crippen LogP contribution >= 0.6 is 0 Å². The van der Waals surface area contributed by atoms with Crippen molar-refractivity contribution in [2.45, 2.75) is 39.2 Å². The Balaban J connectivity index is 1.82. The maximum Gasteiger partial charge on any atom is 0.0300 e. The molecule has 1 saturated heterocycles. The van der Waals surface area contributed by atoms with Crippen molar-refractivity contribution >= 4 is 0 Å². The highest BCUT2D eigenvalue weighted by atomic mass is 15.1. The maximum atomic E-state index is 4.20. The van der Waals surface area contributed by atoms with E-state index in [1.807, 2.05) is 18.5 Å². The summed E-state index contributed by atoms with van der Waals surface area (Å²) in [5.41, 5.74) is 1.35. The van der Waals surface area contributed by atoms with Crippen LogP contribution in [-0.2, 0) is 6.42 Å². The molecule has 0 saturated carbocycles. The lowest BCUT2D eigenvalue weighted by molar-refractivity contribution is 0.171. The van der Waals surface area contributed by atoms with Crippen molar-refractivity contribution in [2.75, 3.05) is 26.2 Å². The predicted molar refractivity (Wildman–Crippen MR) is 80.2 cm³/mol. The summed E-state index contributed by atoms with van der Waals surface area (Å²) in [5.74, 6) is 0.873. The summed E-state index contributed by atoms with van der Waals surface area (Å²) >= 11 is 0. The summed E-state index contributed by atoms with van der Waals surface area (Å²) in [6, 6.07) is 4.84. The molecule has 3 heteroatoms. The Morgan fingerprint density at radius 1 is 1.37 bits per heavy atom. The largest absolute Gasteiger partial charge is 0.317 e. The first kappa shape index (κ1) is 14.5. The minimum atomic E-state index is 0.631. The van der Waals surface area contributed by atoms with Gasteiger partial charge in [0.25, 0.3) is 0 Å². The zero-order valence-electron chi connectivity index (χ0n) is 12.3. The van der Waals surface area contributed by atoms with Gasteiger partial charge in [-0.25, -0.2) is 0 Å². The highest BCUT2D eigenvalue weighted by molar-refractivity contribution is 5.08. The van der Waals surface area contributed by atoms with Gasteiger partial charge in [-0.2, -0.15) is 0 Å². The molecule has 1 aromatic rings. The molecule has 0 radical (unpaired) electrons. The molecule has 106 valence electrons. The van der Waals surface area contributed by atoms with Crippen LogP contribution < -0.4 is 5.32 Å². The second-order valence-corrected chi connectivity index (χ2v) is 5.89. The zero-order chi connectivity index (χ0) is 13.5. The van der Waals surface area contributed by atoms with E-state index in [0.29, 0.717) is 6.04 Å². The van der Waals surface area contributed by atoms with Gasteiger partial charge in [-0.15, -0.1) is 0 Å². The lowest BCUT2D eigenvalue weighted by Gasteiger charge is -2.32. The molecular formula is C16H27N3. The molecule has 1 aliphatic rings. The minimum absolute atomic E-state index is 0.631. The van der Waals surface area contributed by atoms with Crippen LogP contribution in [0.1, 0.15) is 32.3 Å². The Kier molecular flexibility index (Phi) is 5.80. The van der Waals surface area contributed by atoms with Crippen LogP contribution in [0.3, 0.4) is 0 Å². The van der Waals surface area contributed by atoms with E-state index in [1.54, 1.807) is 0 Å². The molecule has 0 aliphatic carbocycles. The van der Waals surface area contributed by atoms with E-state index in [2.05, 4.69) is 35.1 Å². The van der Waals surface area contributed by atoms with E-state index in [4.69, 9.17) is 0 Å². The van der Waals surface area contributed by atoms with Crippen molar-refractivity contribution in [1.82, 2.24) is 15.2 Å². The second-order valence-electron chi connectivity index (χ2n) is 5.89. The summed E-state index contributed by atoms with van der Waals surface area (Å²) in [6.07, 6.45) is 7.60. The van der Waals surface area contributed by atoms with Crippen LogP contribution in [-0.4, -0.2) is 42.1 Å². The fourth-order valence-electron chi connectivity index (χ4n) is 2.77. The standard InChI is InChI=1S/C16H27N3/c1-14(2)19(13-16-5-9-17-10-6-16)11-7-15-4-3-8-18-12-15/h3-4,8,12,14,16-17H,5-7,9-11,13H2,1-2H3. The van der Waals surface area contributed by atoms with Crippen molar-refractivity contribution in [3.05, 3.63) is 30.1 Å². The molecule has 2 heterocycles. The number of rotatable bonds is 6. The lowest BCUT2D eigenvalue weighted by atomic mass is 9.97. The van der Waals surface area contributed by atoms with Gasteiger partial charge in [-0.05, 0) is 63.7 Å². The van der Waals surface area contributed by atoms with E-state index in [1.165, 1.54) is 38.0 Å². The fourth-order valence-corrected chi connectivity index (χ4v) is 2.77. The van der Waals surface area contributed by atoms with Crippen molar-refractivity contribution in [3.8, 4) is 0 Å². The number of piperidine rings is 1. The number of nitrogens with one attached hydrogen (secondary N) is 1. The monoisotopic (exact) mass is 261 g/mol. The minimum Gasteiger partial charge on any atom is -0.317 e. The zero-order valence-corrected chi connectivity index (χ0v) is 12.3. The maximum absolute atomic E-state index is 4.20. The number of pyridine rings is 1. The summed E-state index contributed by atoms with van der Waals surface area (Å²) in [6.45, 7) is 9.40. The van der Waals surface area contributed by atoms with E-state index < -0.39 is 0 Å². The third-order valence-corrected chi connectivity index (χ3v) is 4.09. The quantitative estimate of drug-likeness (QED) is 0.852. The normalized spacial score (nSPS) is 17.3. The smallest absolute Gasteiger partial charge is 0.0300 e. The molecule has 1 aliphatic heterocycles. The van der Waals surface area contributed by atoms with Crippen LogP contribution in [0, 0.1) is 5.92 Å². The average Bonchev–Trinajstić information content (AvgIpc) is 2.45. The SMILES string of the molecule is CC(C)N(CCc1cccnc1)CC1CCNCC1. The molecule has 1 fully saturated rings. The molecule has 0 unspecified atom stereocenters. The topological polar surface area (TPSA) is 28.2 Å². The number of hydrogen-bond acceptors (Lipinski definition) is 3. The molecule has 0 atom stereocenters. The number of nitrogens with zero attached hydrogens (tertiary/aromatic N) is 2. The van der Waals surface area contributed by atoms with E-state index >= 15 is 0 Å². The van der Waals surface area contributed by atoms with Gasteiger partial charge in [-0.1, -0.05) is 6.07 Å². The average molecular weight is 261 g/mol. The van der Waals surface area contributed by atoms with Gasteiger partial charge in [0.15, 0.2) is 0 Å². The Bertz CT molecular complexity index is 344. The third-order valence-electron chi connectivity index (χ3n) is 4.09. The summed E-state index contributed by atoms with van der Waals surface area (Å²) in [7, 11) is 0. The number of hydrogen-bond donors (Lipinski definition) is 1. The van der Waals surface area contributed by atoms with Crippen LogP contribution in [0.15, 0.2) is 24.5 Å². The molecule has 2 rings (SSSR count). The Morgan fingerprint density at radius 2 is 2.16 bits per heavy atom. The second kappa shape index (κ2) is 7.61. The van der Waals surface area contributed by atoms with Gasteiger partial charge >= 0.3 is 0 Å². The van der Waals surface area contributed by atoms with Gasteiger partial charge in [0.05, 0.1) is 0 Å². The molecule has 1 N–H and O–H groups in total. The van der Waals surface area contributed by atoms with Gasteiger partial charge < -0.3 is 10.2 Å². The highest BCUT2D eigenvalue weighted by Gasteiger charge is 2.18. The van der Waals surface area contributed by atoms with Gasteiger partial charge in [0.1, 0.15) is 0 Å². The number of aromatic nitrogens is 1. The van der Waals surface area contributed by atoms with Gasteiger partial charge in [-0.3, -0.25) is 4.98 Å². The molecule has 0 spiro atoms. The summed E-state index contributed by atoms with van der Waals surface area (Å²) in [5, 5.41) is 3.45. The van der Waals surface area contributed by atoms with Crippen LogP contribution in [0.25, 0.3) is 0 Å².